The maximum absolute atomic E-state index is 12.1. The number of ether oxygens (including phenoxy) is 1. The smallest absolute Gasteiger partial charge is 0.220 e. The molecule has 0 radical (unpaired) electrons. The number of likely N-dealkylation sites (N-methyl/N-ethyl adjacent to an activating group) is 1. The molecule has 6 heteroatoms. The van der Waals surface area contributed by atoms with Gasteiger partial charge in [0.05, 0.1) is 18.0 Å². The van der Waals surface area contributed by atoms with Crippen LogP contribution in [0.3, 0.4) is 0 Å². The summed E-state index contributed by atoms with van der Waals surface area (Å²) >= 11 is 1.47. The van der Waals surface area contributed by atoms with E-state index in [1.165, 1.54) is 11.3 Å². The number of aryl methyl sites for hydroxylation is 1. The summed E-state index contributed by atoms with van der Waals surface area (Å²) in [6.07, 6.45) is 0.444. The monoisotopic (exact) mass is 374 g/mol. The van der Waals surface area contributed by atoms with Crippen molar-refractivity contribution < 1.29 is 14.3 Å². The van der Waals surface area contributed by atoms with E-state index < -0.39 is 0 Å². The summed E-state index contributed by atoms with van der Waals surface area (Å²) in [6.45, 7) is 2.46. The number of benzene rings is 1. The molecule has 5 nitrogen and oxygen atoms in total. The molecule has 0 saturated carbocycles. The van der Waals surface area contributed by atoms with Crippen LogP contribution in [-0.4, -0.2) is 44.3 Å². The van der Waals surface area contributed by atoms with Crippen LogP contribution in [0.4, 0.5) is 0 Å². The van der Waals surface area contributed by atoms with Gasteiger partial charge in [-0.25, -0.2) is 0 Å². The summed E-state index contributed by atoms with van der Waals surface area (Å²) in [5.41, 5.74) is 1.10. The van der Waals surface area contributed by atoms with Crippen LogP contribution in [0.15, 0.2) is 36.4 Å². The maximum atomic E-state index is 12.1. The number of hydrogen-bond acceptors (Lipinski definition) is 5. The lowest BCUT2D eigenvalue weighted by Gasteiger charge is -2.25. The minimum Gasteiger partial charge on any atom is -0.497 e. The zero-order valence-corrected chi connectivity index (χ0v) is 16.6. The Morgan fingerprint density at radius 2 is 1.81 bits per heavy atom. The molecule has 0 aliphatic heterocycles. The summed E-state index contributed by atoms with van der Waals surface area (Å²) in [5, 5.41) is 2.94. The molecule has 0 aliphatic rings. The number of ketones is 1. The first kappa shape index (κ1) is 20.1. The van der Waals surface area contributed by atoms with Crippen molar-refractivity contribution >= 4 is 23.0 Å². The van der Waals surface area contributed by atoms with E-state index >= 15 is 0 Å². The second kappa shape index (κ2) is 9.50. The first-order chi connectivity index (χ1) is 12.4. The molecule has 0 saturated heterocycles. The third-order valence-electron chi connectivity index (χ3n) is 4.21. The minimum atomic E-state index is -0.105. The van der Waals surface area contributed by atoms with Crippen LogP contribution in [0.1, 0.15) is 39.0 Å². The van der Waals surface area contributed by atoms with Crippen molar-refractivity contribution in [1.82, 2.24) is 10.2 Å². The van der Waals surface area contributed by atoms with Crippen LogP contribution >= 0.6 is 11.3 Å². The molecule has 0 fully saturated rings. The van der Waals surface area contributed by atoms with Crippen LogP contribution in [0, 0.1) is 6.92 Å². The average molecular weight is 375 g/mol. The van der Waals surface area contributed by atoms with Gasteiger partial charge in [-0.3, -0.25) is 9.59 Å². The molecule has 2 aromatic rings. The number of amides is 1. The standard InChI is InChI=1S/C20H26N2O3S/c1-14-5-11-19(26-14)18(23)10-12-20(24)21-13-17(22(2)3)15-6-8-16(25-4)9-7-15/h5-9,11,17H,10,12-13H2,1-4H3,(H,21,24). The third kappa shape index (κ3) is 5.68. The zero-order valence-electron chi connectivity index (χ0n) is 15.7. The van der Waals surface area contributed by atoms with E-state index in [1.807, 2.05) is 57.4 Å². The predicted octanol–water partition coefficient (Wildman–Crippen LogP) is 3.45. The molecule has 1 aromatic carbocycles. The Morgan fingerprint density at radius 1 is 1.12 bits per heavy atom. The summed E-state index contributed by atoms with van der Waals surface area (Å²) in [6, 6.07) is 11.6. The number of hydrogen-bond donors (Lipinski definition) is 1. The Hall–Kier alpha value is -2.18. The highest BCUT2D eigenvalue weighted by atomic mass is 32.1. The number of Topliss-reactive ketones (excluding diaryl/α,β-unsaturated/α-hetero) is 1. The lowest BCUT2D eigenvalue weighted by atomic mass is 10.1. The van der Waals surface area contributed by atoms with Gasteiger partial charge in [0.15, 0.2) is 5.78 Å². The van der Waals surface area contributed by atoms with E-state index in [0.717, 1.165) is 21.1 Å². The Labute approximate surface area is 159 Å². The molecular weight excluding hydrogens is 348 g/mol. The van der Waals surface area contributed by atoms with Gasteiger partial charge < -0.3 is 15.0 Å². The van der Waals surface area contributed by atoms with Crippen molar-refractivity contribution in [1.29, 1.82) is 0 Å². The first-order valence-electron chi connectivity index (χ1n) is 8.57. The quantitative estimate of drug-likeness (QED) is 0.683. The number of thiophene rings is 1. The summed E-state index contributed by atoms with van der Waals surface area (Å²) < 4.78 is 5.19. The van der Waals surface area contributed by atoms with Crippen LogP contribution in [0.2, 0.25) is 0 Å². The predicted molar refractivity (Wildman–Crippen MR) is 105 cm³/mol. The van der Waals surface area contributed by atoms with Crippen molar-refractivity contribution in [2.45, 2.75) is 25.8 Å². The molecule has 1 unspecified atom stereocenters. The number of methoxy groups -OCH3 is 1. The molecule has 1 atom stereocenters. The van der Waals surface area contributed by atoms with Gasteiger partial charge in [-0.1, -0.05) is 12.1 Å². The second-order valence-corrected chi connectivity index (χ2v) is 7.68. The Morgan fingerprint density at radius 3 is 2.35 bits per heavy atom. The Balaban J connectivity index is 1.85. The van der Waals surface area contributed by atoms with Crippen LogP contribution < -0.4 is 10.1 Å². The van der Waals surface area contributed by atoms with E-state index in [-0.39, 0.29) is 30.6 Å². The number of nitrogens with one attached hydrogen (secondary N) is 1. The number of carbonyl (C=O) groups excluding carboxylic acids is 2. The third-order valence-corrected chi connectivity index (χ3v) is 5.25. The van der Waals surface area contributed by atoms with E-state index in [4.69, 9.17) is 4.74 Å². The lowest BCUT2D eigenvalue weighted by molar-refractivity contribution is -0.121. The molecule has 1 N–H and O–H groups in total. The SMILES string of the molecule is COc1ccc(C(CNC(=O)CCC(=O)c2ccc(C)s2)N(C)C)cc1. The largest absolute Gasteiger partial charge is 0.497 e. The van der Waals surface area contributed by atoms with Gasteiger partial charge in [0.2, 0.25) is 5.91 Å². The molecule has 2 rings (SSSR count). The summed E-state index contributed by atoms with van der Waals surface area (Å²) in [5.74, 6) is 0.724. The lowest BCUT2D eigenvalue weighted by Crippen LogP contribution is -2.34. The fourth-order valence-corrected chi connectivity index (χ4v) is 3.49. The topological polar surface area (TPSA) is 58.6 Å². The van der Waals surface area contributed by atoms with E-state index in [2.05, 4.69) is 10.2 Å². The van der Waals surface area contributed by atoms with Crippen molar-refractivity contribution in [3.8, 4) is 5.75 Å². The fourth-order valence-electron chi connectivity index (χ4n) is 2.66. The molecule has 140 valence electrons. The van der Waals surface area contributed by atoms with E-state index in [0.29, 0.717) is 6.54 Å². The molecule has 1 heterocycles. The van der Waals surface area contributed by atoms with Crippen molar-refractivity contribution in [2.24, 2.45) is 0 Å². The van der Waals surface area contributed by atoms with Crippen LogP contribution in [0.25, 0.3) is 0 Å². The number of rotatable bonds is 9. The molecular formula is C20H26N2O3S. The van der Waals surface area contributed by atoms with Gasteiger partial charge in [-0.2, -0.15) is 0 Å². The molecule has 0 aliphatic carbocycles. The van der Waals surface area contributed by atoms with Gasteiger partial charge in [-0.05, 0) is 50.8 Å². The molecule has 26 heavy (non-hydrogen) atoms. The van der Waals surface area contributed by atoms with Crippen molar-refractivity contribution in [3.63, 3.8) is 0 Å². The molecule has 0 spiro atoms. The van der Waals surface area contributed by atoms with Gasteiger partial charge in [-0.15, -0.1) is 11.3 Å². The Bertz CT molecular complexity index is 738. The van der Waals surface area contributed by atoms with Crippen molar-refractivity contribution in [3.05, 3.63) is 51.7 Å². The zero-order chi connectivity index (χ0) is 19.1. The fraction of sp³-hybridized carbons (Fsp3) is 0.400. The number of nitrogens with zero attached hydrogens (tertiary/aromatic N) is 1. The second-order valence-electron chi connectivity index (χ2n) is 6.39. The maximum Gasteiger partial charge on any atom is 0.220 e. The molecule has 1 aromatic heterocycles. The van der Waals surface area contributed by atoms with Gasteiger partial charge in [0, 0.05) is 24.3 Å². The highest BCUT2D eigenvalue weighted by molar-refractivity contribution is 7.14. The summed E-state index contributed by atoms with van der Waals surface area (Å²) in [7, 11) is 5.59. The normalized spacial score (nSPS) is 12.0. The first-order valence-corrected chi connectivity index (χ1v) is 9.39. The molecule has 1 amide bonds. The van der Waals surface area contributed by atoms with Crippen LogP contribution in [0.5, 0.6) is 5.75 Å². The van der Waals surface area contributed by atoms with E-state index in [1.54, 1.807) is 7.11 Å². The van der Waals surface area contributed by atoms with E-state index in [9.17, 15) is 9.59 Å². The highest BCUT2D eigenvalue weighted by Gasteiger charge is 2.16. The highest BCUT2D eigenvalue weighted by Crippen LogP contribution is 2.21. The minimum absolute atomic E-state index is 0.0255. The van der Waals surface area contributed by atoms with Gasteiger partial charge in [0.25, 0.3) is 0 Å². The average Bonchev–Trinajstić information content (AvgIpc) is 3.06. The van der Waals surface area contributed by atoms with Crippen molar-refractivity contribution in [2.75, 3.05) is 27.7 Å². The molecule has 0 bridgehead atoms. The van der Waals surface area contributed by atoms with Gasteiger partial charge in [0.1, 0.15) is 5.75 Å². The number of carbonyl (C=O) groups is 2. The summed E-state index contributed by atoms with van der Waals surface area (Å²) in [4.78, 5) is 28.1. The van der Waals surface area contributed by atoms with Gasteiger partial charge >= 0.3 is 0 Å². The van der Waals surface area contributed by atoms with Crippen LogP contribution in [-0.2, 0) is 4.79 Å². The Kier molecular flexibility index (Phi) is 7.36.